The first kappa shape index (κ1) is 14.8. The molecule has 0 heterocycles. The number of carboxylic acid groups (broad SMARTS) is 1. The lowest BCUT2D eigenvalue weighted by atomic mass is 9.83. The predicted octanol–water partition coefficient (Wildman–Crippen LogP) is 2.09. The number of carbonyl (C=O) groups is 2. The van der Waals surface area contributed by atoms with Gasteiger partial charge in [-0.15, -0.1) is 0 Å². The molecule has 0 aromatic rings. The summed E-state index contributed by atoms with van der Waals surface area (Å²) in [5.74, 6) is -2.74. The van der Waals surface area contributed by atoms with Crippen molar-refractivity contribution in [3.05, 3.63) is 0 Å². The summed E-state index contributed by atoms with van der Waals surface area (Å²) in [6.45, 7) is 0. The Bertz CT molecular complexity index is 317. The van der Waals surface area contributed by atoms with Crippen LogP contribution in [0, 0.1) is 5.92 Å². The van der Waals surface area contributed by atoms with Crippen LogP contribution >= 0.6 is 0 Å². The molecule has 0 aromatic carbocycles. The number of amides is 1. The standard InChI is InChI=1S/C11H16F3NO3/c12-11(13,14)10(18)15-8-3-1-2-7(6-8)4-5-9(16)17/h7-8H,1-6H2,(H,15,18)(H,16,17). The molecule has 0 aliphatic heterocycles. The average Bonchev–Trinajstić information content (AvgIpc) is 2.25. The molecule has 4 nitrogen and oxygen atoms in total. The number of carboxylic acids is 1. The summed E-state index contributed by atoms with van der Waals surface area (Å²) in [7, 11) is 0. The van der Waals surface area contributed by atoms with Crippen LogP contribution in [0.25, 0.3) is 0 Å². The quantitative estimate of drug-likeness (QED) is 0.819. The Kier molecular flexibility index (Phi) is 4.98. The zero-order chi connectivity index (χ0) is 13.8. The highest BCUT2D eigenvalue weighted by molar-refractivity contribution is 5.81. The minimum atomic E-state index is -4.85. The van der Waals surface area contributed by atoms with Gasteiger partial charge in [-0.3, -0.25) is 9.59 Å². The maximum Gasteiger partial charge on any atom is 0.471 e. The largest absolute Gasteiger partial charge is 0.481 e. The van der Waals surface area contributed by atoms with Crippen LogP contribution in [0.4, 0.5) is 13.2 Å². The van der Waals surface area contributed by atoms with Crippen molar-refractivity contribution in [2.75, 3.05) is 0 Å². The number of hydrogen-bond acceptors (Lipinski definition) is 2. The van der Waals surface area contributed by atoms with E-state index in [2.05, 4.69) is 0 Å². The molecule has 1 saturated carbocycles. The Balaban J connectivity index is 2.39. The molecule has 1 fully saturated rings. The van der Waals surface area contributed by atoms with Gasteiger partial charge in [0.2, 0.25) is 0 Å². The van der Waals surface area contributed by atoms with E-state index in [1.807, 2.05) is 5.32 Å². The van der Waals surface area contributed by atoms with Crippen LogP contribution in [-0.2, 0) is 9.59 Å². The van der Waals surface area contributed by atoms with Gasteiger partial charge < -0.3 is 10.4 Å². The number of alkyl halides is 3. The minimum Gasteiger partial charge on any atom is -0.481 e. The normalized spacial score (nSPS) is 24.6. The van der Waals surface area contributed by atoms with Gasteiger partial charge in [-0.2, -0.15) is 13.2 Å². The molecular weight excluding hydrogens is 251 g/mol. The lowest BCUT2D eigenvalue weighted by Gasteiger charge is -2.29. The van der Waals surface area contributed by atoms with E-state index in [0.29, 0.717) is 25.7 Å². The molecule has 18 heavy (non-hydrogen) atoms. The van der Waals surface area contributed by atoms with E-state index in [0.717, 1.165) is 6.42 Å². The molecule has 0 spiro atoms. The Hall–Kier alpha value is -1.27. The van der Waals surface area contributed by atoms with Crippen molar-refractivity contribution >= 4 is 11.9 Å². The molecule has 1 amide bonds. The summed E-state index contributed by atoms with van der Waals surface area (Å²) in [5.41, 5.74) is 0. The third-order valence-electron chi connectivity index (χ3n) is 3.14. The Morgan fingerprint density at radius 2 is 1.94 bits per heavy atom. The molecule has 2 N–H and O–H groups in total. The van der Waals surface area contributed by atoms with Gasteiger partial charge in [-0.1, -0.05) is 12.8 Å². The Morgan fingerprint density at radius 1 is 1.28 bits per heavy atom. The Morgan fingerprint density at radius 3 is 2.50 bits per heavy atom. The fourth-order valence-corrected chi connectivity index (χ4v) is 2.28. The summed E-state index contributed by atoms with van der Waals surface area (Å²) in [6.07, 6.45) is -1.91. The van der Waals surface area contributed by atoms with Crippen LogP contribution in [0.1, 0.15) is 38.5 Å². The topological polar surface area (TPSA) is 66.4 Å². The smallest absolute Gasteiger partial charge is 0.471 e. The van der Waals surface area contributed by atoms with Crippen molar-refractivity contribution in [3.8, 4) is 0 Å². The third kappa shape index (κ3) is 4.93. The minimum absolute atomic E-state index is 0.0185. The van der Waals surface area contributed by atoms with E-state index in [9.17, 15) is 22.8 Å². The highest BCUT2D eigenvalue weighted by Gasteiger charge is 2.40. The third-order valence-corrected chi connectivity index (χ3v) is 3.14. The SMILES string of the molecule is O=C(O)CCC1CCCC(NC(=O)C(F)(F)F)C1. The van der Waals surface area contributed by atoms with Crippen molar-refractivity contribution < 1.29 is 27.9 Å². The Labute approximate surface area is 103 Å². The van der Waals surface area contributed by atoms with Gasteiger partial charge in [0.25, 0.3) is 0 Å². The molecule has 7 heteroatoms. The van der Waals surface area contributed by atoms with Gasteiger partial charge in [0.15, 0.2) is 0 Å². The van der Waals surface area contributed by atoms with Crippen molar-refractivity contribution in [2.24, 2.45) is 5.92 Å². The second kappa shape index (κ2) is 6.06. The lowest BCUT2D eigenvalue weighted by Crippen LogP contribution is -2.45. The van der Waals surface area contributed by atoms with Crippen LogP contribution in [0.5, 0.6) is 0 Å². The van der Waals surface area contributed by atoms with E-state index >= 15 is 0 Å². The van der Waals surface area contributed by atoms with Gasteiger partial charge in [0.1, 0.15) is 0 Å². The first-order valence-electron chi connectivity index (χ1n) is 5.88. The molecule has 2 unspecified atom stereocenters. The van der Waals surface area contributed by atoms with E-state index in [-0.39, 0.29) is 12.3 Å². The van der Waals surface area contributed by atoms with Gasteiger partial charge in [0.05, 0.1) is 0 Å². The maximum absolute atomic E-state index is 12.1. The second-order valence-electron chi connectivity index (χ2n) is 4.63. The molecular formula is C11H16F3NO3. The highest BCUT2D eigenvalue weighted by atomic mass is 19.4. The van der Waals surface area contributed by atoms with E-state index < -0.39 is 24.1 Å². The first-order chi connectivity index (χ1) is 8.29. The van der Waals surface area contributed by atoms with Gasteiger partial charge in [0, 0.05) is 12.5 Å². The molecule has 1 aliphatic rings. The molecule has 2 atom stereocenters. The monoisotopic (exact) mass is 267 g/mol. The molecule has 0 saturated heterocycles. The van der Waals surface area contributed by atoms with Crippen LogP contribution in [0.3, 0.4) is 0 Å². The van der Waals surface area contributed by atoms with Crippen molar-refractivity contribution in [1.29, 1.82) is 0 Å². The summed E-state index contributed by atoms with van der Waals surface area (Å²) in [5, 5.41) is 10.5. The zero-order valence-corrected chi connectivity index (χ0v) is 9.79. The molecule has 104 valence electrons. The maximum atomic E-state index is 12.1. The number of carbonyl (C=O) groups excluding carboxylic acids is 1. The zero-order valence-electron chi connectivity index (χ0n) is 9.79. The number of halogens is 3. The van der Waals surface area contributed by atoms with Crippen LogP contribution < -0.4 is 5.32 Å². The second-order valence-corrected chi connectivity index (χ2v) is 4.63. The summed E-state index contributed by atoms with van der Waals surface area (Å²) in [4.78, 5) is 21.2. The number of rotatable bonds is 4. The van der Waals surface area contributed by atoms with E-state index in [1.54, 1.807) is 0 Å². The summed E-state index contributed by atoms with van der Waals surface area (Å²) in [6, 6.07) is -0.494. The molecule has 0 aromatic heterocycles. The van der Waals surface area contributed by atoms with Gasteiger partial charge in [-0.25, -0.2) is 0 Å². The highest BCUT2D eigenvalue weighted by Crippen LogP contribution is 2.28. The van der Waals surface area contributed by atoms with Crippen molar-refractivity contribution in [1.82, 2.24) is 5.32 Å². The number of hydrogen-bond donors (Lipinski definition) is 2. The fraction of sp³-hybridized carbons (Fsp3) is 0.818. The predicted molar refractivity (Wildman–Crippen MR) is 56.8 cm³/mol. The average molecular weight is 267 g/mol. The van der Waals surface area contributed by atoms with Crippen molar-refractivity contribution in [2.45, 2.75) is 50.7 Å². The fourth-order valence-electron chi connectivity index (χ4n) is 2.28. The van der Waals surface area contributed by atoms with Gasteiger partial charge in [-0.05, 0) is 25.2 Å². The lowest BCUT2D eigenvalue weighted by molar-refractivity contribution is -0.174. The number of nitrogens with one attached hydrogen (secondary N) is 1. The molecule has 1 aliphatic carbocycles. The molecule has 0 radical (unpaired) electrons. The van der Waals surface area contributed by atoms with Gasteiger partial charge >= 0.3 is 18.1 Å². The summed E-state index contributed by atoms with van der Waals surface area (Å²) < 4.78 is 36.2. The van der Waals surface area contributed by atoms with E-state index in [4.69, 9.17) is 5.11 Å². The molecule has 1 rings (SSSR count). The van der Waals surface area contributed by atoms with Crippen LogP contribution in [-0.4, -0.2) is 29.2 Å². The number of aliphatic carboxylic acids is 1. The van der Waals surface area contributed by atoms with Crippen LogP contribution in [0.2, 0.25) is 0 Å². The van der Waals surface area contributed by atoms with Crippen LogP contribution in [0.15, 0.2) is 0 Å². The first-order valence-corrected chi connectivity index (χ1v) is 5.88. The van der Waals surface area contributed by atoms with Crippen molar-refractivity contribution in [3.63, 3.8) is 0 Å². The van der Waals surface area contributed by atoms with E-state index in [1.165, 1.54) is 0 Å². The summed E-state index contributed by atoms with van der Waals surface area (Å²) >= 11 is 0. The molecule has 0 bridgehead atoms.